The fourth-order valence-corrected chi connectivity index (χ4v) is 4.11. The number of rotatable bonds is 5. The Morgan fingerprint density at radius 1 is 1.16 bits per heavy atom. The number of nitrogens with one attached hydrogen (secondary N) is 4. The number of benzene rings is 2. The van der Waals surface area contributed by atoms with E-state index in [1.807, 2.05) is 25.1 Å². The maximum atomic E-state index is 13.0. The zero-order chi connectivity index (χ0) is 22.8. The minimum Gasteiger partial charge on any atom is -0.326 e. The number of carbonyl (C=O) groups is 2. The molecule has 0 fully saturated rings. The Labute approximate surface area is 193 Å². The van der Waals surface area contributed by atoms with Crippen molar-refractivity contribution in [3.05, 3.63) is 74.0 Å². The second-order valence-corrected chi connectivity index (χ2v) is 8.14. The molecule has 1 unspecified atom stereocenters. The molecule has 0 spiro atoms. The largest absolute Gasteiger partial charge is 0.326 e. The molecule has 1 atom stereocenters. The van der Waals surface area contributed by atoms with Crippen molar-refractivity contribution in [1.82, 2.24) is 9.97 Å². The van der Waals surface area contributed by atoms with E-state index in [-0.39, 0.29) is 23.8 Å². The van der Waals surface area contributed by atoms with E-state index in [0.29, 0.717) is 21.4 Å². The minimum absolute atomic E-state index is 0.0320. The van der Waals surface area contributed by atoms with E-state index in [1.165, 1.54) is 0 Å². The maximum absolute atomic E-state index is 13.0. The molecule has 164 valence electrons. The second kappa shape index (κ2) is 9.02. The van der Waals surface area contributed by atoms with Crippen LogP contribution in [0.3, 0.4) is 0 Å². The summed E-state index contributed by atoms with van der Waals surface area (Å²) in [5.41, 5.74) is 1.67. The number of amides is 2. The standard InChI is InChI=1S/C22H19Cl2N5O3/c1-2-11-5-3-4-6-16(11)26-20(31)15-10-17(30)27-19-18(15)21(32)29-22(28-19)25-14-8-12(23)7-13(24)9-14/h3-9,15H,2,10H2,1H3,(H,26,31)(H3,25,27,28,29,30,32). The molecule has 0 bridgehead atoms. The number of nitrogens with zero attached hydrogens (tertiary/aromatic N) is 1. The molecule has 4 rings (SSSR count). The van der Waals surface area contributed by atoms with Gasteiger partial charge in [-0.1, -0.05) is 48.3 Å². The van der Waals surface area contributed by atoms with Gasteiger partial charge in [-0.15, -0.1) is 0 Å². The third-order valence-corrected chi connectivity index (χ3v) is 5.49. The predicted molar refractivity (Wildman–Crippen MR) is 125 cm³/mol. The molecule has 1 aromatic heterocycles. The molecule has 0 saturated carbocycles. The molecule has 1 aliphatic heterocycles. The SMILES string of the molecule is CCc1ccccc1NC(=O)C1CC(=O)Nc2nc(Nc3cc(Cl)cc(Cl)c3)[nH]c(=O)c21. The Hall–Kier alpha value is -3.36. The first-order valence-corrected chi connectivity index (χ1v) is 10.7. The van der Waals surface area contributed by atoms with Gasteiger partial charge < -0.3 is 16.0 Å². The van der Waals surface area contributed by atoms with Crippen molar-refractivity contribution >= 4 is 58.2 Å². The van der Waals surface area contributed by atoms with Gasteiger partial charge in [0.25, 0.3) is 5.56 Å². The van der Waals surface area contributed by atoms with Gasteiger partial charge in [0.1, 0.15) is 5.82 Å². The normalized spacial score (nSPS) is 15.0. The van der Waals surface area contributed by atoms with Gasteiger partial charge in [-0.3, -0.25) is 19.4 Å². The van der Waals surface area contributed by atoms with Crippen LogP contribution in [0.1, 0.15) is 30.4 Å². The average molecular weight is 472 g/mol. The topological polar surface area (TPSA) is 116 Å². The maximum Gasteiger partial charge on any atom is 0.258 e. The van der Waals surface area contributed by atoms with Crippen molar-refractivity contribution in [2.45, 2.75) is 25.7 Å². The average Bonchev–Trinajstić information content (AvgIpc) is 2.72. The third kappa shape index (κ3) is 4.61. The molecule has 32 heavy (non-hydrogen) atoms. The molecular weight excluding hydrogens is 453 g/mol. The Morgan fingerprint density at radius 3 is 2.59 bits per heavy atom. The lowest BCUT2D eigenvalue weighted by molar-refractivity contribution is -0.123. The highest BCUT2D eigenvalue weighted by atomic mass is 35.5. The number of aromatic amines is 1. The van der Waals surface area contributed by atoms with Gasteiger partial charge in [0.05, 0.1) is 11.5 Å². The summed E-state index contributed by atoms with van der Waals surface area (Å²) in [6.07, 6.45) is 0.567. The molecule has 4 N–H and O–H groups in total. The lowest BCUT2D eigenvalue weighted by Crippen LogP contribution is -2.36. The first-order valence-electron chi connectivity index (χ1n) is 9.90. The summed E-state index contributed by atoms with van der Waals surface area (Å²) in [6.45, 7) is 1.98. The van der Waals surface area contributed by atoms with Crippen LogP contribution in [-0.2, 0) is 16.0 Å². The van der Waals surface area contributed by atoms with Crippen LogP contribution in [0.4, 0.5) is 23.1 Å². The highest BCUT2D eigenvalue weighted by molar-refractivity contribution is 6.35. The molecule has 10 heteroatoms. The Balaban J connectivity index is 1.65. The summed E-state index contributed by atoms with van der Waals surface area (Å²) in [5.74, 6) is -1.73. The van der Waals surface area contributed by atoms with E-state index in [4.69, 9.17) is 23.2 Å². The van der Waals surface area contributed by atoms with Crippen molar-refractivity contribution in [1.29, 1.82) is 0 Å². The highest BCUT2D eigenvalue weighted by Crippen LogP contribution is 2.31. The third-order valence-electron chi connectivity index (χ3n) is 5.05. The first kappa shape index (κ1) is 21.9. The molecule has 0 radical (unpaired) electrons. The van der Waals surface area contributed by atoms with Crippen molar-refractivity contribution in [3.63, 3.8) is 0 Å². The van der Waals surface area contributed by atoms with E-state index in [0.717, 1.165) is 12.0 Å². The fourth-order valence-electron chi connectivity index (χ4n) is 3.59. The van der Waals surface area contributed by atoms with Crippen LogP contribution in [0.15, 0.2) is 47.3 Å². The molecule has 3 aromatic rings. The summed E-state index contributed by atoms with van der Waals surface area (Å²) >= 11 is 12.0. The quantitative estimate of drug-likeness (QED) is 0.438. The molecule has 2 amide bonds. The summed E-state index contributed by atoms with van der Waals surface area (Å²) < 4.78 is 0. The van der Waals surface area contributed by atoms with Gasteiger partial charge in [0, 0.05) is 27.8 Å². The number of hydrogen-bond donors (Lipinski definition) is 4. The van der Waals surface area contributed by atoms with Crippen LogP contribution in [0.2, 0.25) is 10.0 Å². The lowest BCUT2D eigenvalue weighted by atomic mass is 9.92. The van der Waals surface area contributed by atoms with E-state index in [9.17, 15) is 14.4 Å². The van der Waals surface area contributed by atoms with Gasteiger partial charge in [0.15, 0.2) is 0 Å². The molecular formula is C22H19Cl2N5O3. The number of carbonyl (C=O) groups excluding carboxylic acids is 2. The van der Waals surface area contributed by atoms with Crippen LogP contribution in [0.5, 0.6) is 0 Å². The Morgan fingerprint density at radius 2 is 1.88 bits per heavy atom. The molecule has 0 saturated heterocycles. The predicted octanol–water partition coefficient (Wildman–Crippen LogP) is 4.45. The number of fused-ring (bicyclic) bond motifs is 1. The minimum atomic E-state index is -0.977. The number of aryl methyl sites for hydroxylation is 1. The highest BCUT2D eigenvalue weighted by Gasteiger charge is 2.35. The number of para-hydroxylation sites is 1. The Kier molecular flexibility index (Phi) is 6.16. The van der Waals surface area contributed by atoms with Crippen LogP contribution in [0, 0.1) is 0 Å². The van der Waals surface area contributed by atoms with E-state index >= 15 is 0 Å². The van der Waals surface area contributed by atoms with Gasteiger partial charge >= 0.3 is 0 Å². The number of aromatic nitrogens is 2. The molecule has 2 heterocycles. The molecule has 8 nitrogen and oxygen atoms in total. The van der Waals surface area contributed by atoms with E-state index in [1.54, 1.807) is 24.3 Å². The van der Waals surface area contributed by atoms with Gasteiger partial charge in [-0.05, 0) is 36.2 Å². The first-order chi connectivity index (χ1) is 15.3. The van der Waals surface area contributed by atoms with Crippen molar-refractivity contribution in [2.24, 2.45) is 0 Å². The van der Waals surface area contributed by atoms with Crippen LogP contribution in [-0.4, -0.2) is 21.8 Å². The summed E-state index contributed by atoms with van der Waals surface area (Å²) in [7, 11) is 0. The van der Waals surface area contributed by atoms with Gasteiger partial charge in [-0.2, -0.15) is 4.98 Å². The number of anilines is 4. The van der Waals surface area contributed by atoms with E-state index in [2.05, 4.69) is 25.9 Å². The zero-order valence-corrected chi connectivity index (χ0v) is 18.5. The van der Waals surface area contributed by atoms with E-state index < -0.39 is 23.3 Å². The molecule has 2 aromatic carbocycles. The smallest absolute Gasteiger partial charge is 0.258 e. The Bertz CT molecular complexity index is 1250. The van der Waals surface area contributed by atoms with Gasteiger partial charge in [-0.25, -0.2) is 0 Å². The molecule has 0 aliphatic carbocycles. The van der Waals surface area contributed by atoms with Gasteiger partial charge in [0.2, 0.25) is 17.8 Å². The van der Waals surface area contributed by atoms with Crippen LogP contribution in [0.25, 0.3) is 0 Å². The number of hydrogen-bond acceptors (Lipinski definition) is 5. The second-order valence-electron chi connectivity index (χ2n) is 7.26. The fraction of sp³-hybridized carbons (Fsp3) is 0.182. The van der Waals surface area contributed by atoms with Crippen molar-refractivity contribution < 1.29 is 9.59 Å². The van der Waals surface area contributed by atoms with Crippen molar-refractivity contribution in [3.8, 4) is 0 Å². The van der Waals surface area contributed by atoms with Crippen LogP contribution < -0.4 is 21.5 Å². The summed E-state index contributed by atoms with van der Waals surface area (Å²) in [6, 6.07) is 12.2. The summed E-state index contributed by atoms with van der Waals surface area (Å²) in [4.78, 5) is 45.1. The molecule has 1 aliphatic rings. The number of halogens is 2. The van der Waals surface area contributed by atoms with Crippen LogP contribution >= 0.6 is 23.2 Å². The zero-order valence-electron chi connectivity index (χ0n) is 17.0. The monoisotopic (exact) mass is 471 g/mol. The van der Waals surface area contributed by atoms with Crippen molar-refractivity contribution in [2.75, 3.05) is 16.0 Å². The number of H-pyrrole nitrogens is 1. The lowest BCUT2D eigenvalue weighted by Gasteiger charge is -2.24. The summed E-state index contributed by atoms with van der Waals surface area (Å²) in [5, 5.41) is 9.13.